The van der Waals surface area contributed by atoms with E-state index < -0.39 is 0 Å². The molecular weight excluding hydrogens is 306 g/mol. The monoisotopic (exact) mass is 325 g/mol. The zero-order chi connectivity index (χ0) is 16.9. The minimum absolute atomic E-state index is 0.132. The number of nitrogens with zero attached hydrogens (tertiary/aromatic N) is 2. The van der Waals surface area contributed by atoms with Crippen LogP contribution in [-0.4, -0.2) is 42.8 Å². The van der Waals surface area contributed by atoms with E-state index >= 15 is 0 Å². The molecule has 1 N–H and O–H groups in total. The molecule has 0 atom stereocenters. The largest absolute Gasteiger partial charge is 0.497 e. The van der Waals surface area contributed by atoms with Gasteiger partial charge in [-0.1, -0.05) is 0 Å². The van der Waals surface area contributed by atoms with Crippen LogP contribution in [0.5, 0.6) is 5.75 Å². The third-order valence-electron chi connectivity index (χ3n) is 3.75. The predicted octanol–water partition coefficient (Wildman–Crippen LogP) is 2.41. The summed E-state index contributed by atoms with van der Waals surface area (Å²) >= 11 is 0. The third kappa shape index (κ3) is 3.23. The van der Waals surface area contributed by atoms with Crippen LogP contribution in [0.15, 0.2) is 48.8 Å². The molecule has 0 aliphatic carbocycles. The number of amides is 1. The topological polar surface area (TPSA) is 65.4 Å². The molecule has 0 saturated carbocycles. The molecule has 3 aromatic rings. The van der Waals surface area contributed by atoms with E-state index in [0.717, 1.165) is 22.5 Å². The summed E-state index contributed by atoms with van der Waals surface area (Å²) in [6.45, 7) is 0.966. The van der Waals surface area contributed by atoms with Gasteiger partial charge in [-0.25, -0.2) is 4.98 Å². The van der Waals surface area contributed by atoms with Gasteiger partial charge >= 0.3 is 0 Å². The Kier molecular flexibility index (Phi) is 4.77. The Balaban J connectivity index is 1.86. The van der Waals surface area contributed by atoms with Gasteiger partial charge in [0.15, 0.2) is 0 Å². The molecule has 0 unspecified atom stereocenters. The molecule has 0 fully saturated rings. The number of methoxy groups -OCH3 is 2. The summed E-state index contributed by atoms with van der Waals surface area (Å²) in [6.07, 6.45) is 1.75. The van der Waals surface area contributed by atoms with Crippen LogP contribution in [0.25, 0.3) is 16.7 Å². The van der Waals surface area contributed by atoms with Crippen LogP contribution in [0.1, 0.15) is 10.4 Å². The predicted molar refractivity (Wildman–Crippen MR) is 91.8 cm³/mol. The Labute approximate surface area is 140 Å². The van der Waals surface area contributed by atoms with Gasteiger partial charge in [-0.2, -0.15) is 0 Å². The third-order valence-corrected chi connectivity index (χ3v) is 3.75. The standard InChI is InChI=1S/C18H19N3O3/c1-23-10-9-19-18(22)13-3-8-17-16(11-13)20-12-21(17)14-4-6-15(24-2)7-5-14/h3-8,11-12H,9-10H2,1-2H3,(H,19,22). The van der Waals surface area contributed by atoms with Crippen molar-refractivity contribution in [2.45, 2.75) is 0 Å². The number of benzene rings is 2. The minimum atomic E-state index is -0.132. The summed E-state index contributed by atoms with van der Waals surface area (Å²) in [7, 11) is 3.24. The molecule has 1 amide bonds. The number of rotatable bonds is 6. The first-order chi connectivity index (χ1) is 11.7. The molecule has 1 aromatic heterocycles. The van der Waals surface area contributed by atoms with E-state index in [-0.39, 0.29) is 5.91 Å². The zero-order valence-corrected chi connectivity index (χ0v) is 13.7. The smallest absolute Gasteiger partial charge is 0.251 e. The van der Waals surface area contributed by atoms with E-state index in [1.165, 1.54) is 0 Å². The van der Waals surface area contributed by atoms with Gasteiger partial charge in [0, 0.05) is 24.9 Å². The van der Waals surface area contributed by atoms with Crippen molar-refractivity contribution in [3.8, 4) is 11.4 Å². The molecule has 3 rings (SSSR count). The molecule has 0 aliphatic rings. The van der Waals surface area contributed by atoms with E-state index in [4.69, 9.17) is 9.47 Å². The lowest BCUT2D eigenvalue weighted by Crippen LogP contribution is -2.26. The molecule has 0 spiro atoms. The fourth-order valence-electron chi connectivity index (χ4n) is 2.47. The lowest BCUT2D eigenvalue weighted by molar-refractivity contribution is 0.0937. The molecule has 0 bridgehead atoms. The van der Waals surface area contributed by atoms with E-state index in [2.05, 4.69) is 10.3 Å². The van der Waals surface area contributed by atoms with Gasteiger partial charge in [0.2, 0.25) is 0 Å². The summed E-state index contributed by atoms with van der Waals surface area (Å²) < 4.78 is 12.1. The van der Waals surface area contributed by atoms with Gasteiger partial charge in [-0.3, -0.25) is 9.36 Å². The summed E-state index contributed by atoms with van der Waals surface area (Å²) in [5, 5.41) is 2.80. The molecule has 24 heavy (non-hydrogen) atoms. The Morgan fingerprint density at radius 2 is 1.96 bits per heavy atom. The Bertz CT molecular complexity index is 840. The maximum absolute atomic E-state index is 12.1. The van der Waals surface area contributed by atoms with E-state index in [9.17, 15) is 4.79 Å². The van der Waals surface area contributed by atoms with Gasteiger partial charge in [0.25, 0.3) is 5.91 Å². The average Bonchev–Trinajstić information content (AvgIpc) is 3.05. The van der Waals surface area contributed by atoms with Gasteiger partial charge < -0.3 is 14.8 Å². The van der Waals surface area contributed by atoms with Crippen molar-refractivity contribution in [1.29, 1.82) is 0 Å². The molecule has 6 nitrogen and oxygen atoms in total. The quantitative estimate of drug-likeness (QED) is 0.707. The second-order valence-corrected chi connectivity index (χ2v) is 5.26. The number of aromatic nitrogens is 2. The van der Waals surface area contributed by atoms with Crippen molar-refractivity contribution in [3.05, 3.63) is 54.4 Å². The Morgan fingerprint density at radius 1 is 1.17 bits per heavy atom. The molecular formula is C18H19N3O3. The first-order valence-corrected chi connectivity index (χ1v) is 7.61. The molecule has 1 heterocycles. The second-order valence-electron chi connectivity index (χ2n) is 5.26. The van der Waals surface area contributed by atoms with Gasteiger partial charge in [-0.15, -0.1) is 0 Å². The number of hydrogen-bond donors (Lipinski definition) is 1. The number of hydrogen-bond acceptors (Lipinski definition) is 4. The van der Waals surface area contributed by atoms with Crippen molar-refractivity contribution >= 4 is 16.9 Å². The van der Waals surface area contributed by atoms with Crippen molar-refractivity contribution in [2.24, 2.45) is 0 Å². The summed E-state index contributed by atoms with van der Waals surface area (Å²) in [5.41, 5.74) is 3.27. The van der Waals surface area contributed by atoms with Crippen molar-refractivity contribution in [1.82, 2.24) is 14.9 Å². The van der Waals surface area contributed by atoms with Crippen LogP contribution in [0.2, 0.25) is 0 Å². The Morgan fingerprint density at radius 3 is 2.67 bits per heavy atom. The lowest BCUT2D eigenvalue weighted by Gasteiger charge is -2.07. The molecule has 0 radical (unpaired) electrons. The van der Waals surface area contributed by atoms with Crippen LogP contribution >= 0.6 is 0 Å². The highest BCUT2D eigenvalue weighted by Crippen LogP contribution is 2.21. The average molecular weight is 325 g/mol. The zero-order valence-electron chi connectivity index (χ0n) is 13.7. The van der Waals surface area contributed by atoms with Crippen LogP contribution in [0.4, 0.5) is 0 Å². The van der Waals surface area contributed by atoms with Crippen LogP contribution < -0.4 is 10.1 Å². The highest BCUT2D eigenvalue weighted by molar-refractivity contribution is 5.97. The summed E-state index contributed by atoms with van der Waals surface area (Å²) in [6, 6.07) is 13.2. The lowest BCUT2D eigenvalue weighted by atomic mass is 10.2. The molecule has 0 saturated heterocycles. The fourth-order valence-corrected chi connectivity index (χ4v) is 2.47. The SMILES string of the molecule is COCCNC(=O)c1ccc2c(c1)ncn2-c1ccc(OC)cc1. The van der Waals surface area contributed by atoms with E-state index in [0.29, 0.717) is 18.7 Å². The normalized spacial score (nSPS) is 10.8. The van der Waals surface area contributed by atoms with E-state index in [1.54, 1.807) is 32.7 Å². The first-order valence-electron chi connectivity index (χ1n) is 7.61. The number of carbonyl (C=O) groups excluding carboxylic acids is 1. The highest BCUT2D eigenvalue weighted by Gasteiger charge is 2.10. The molecule has 0 aliphatic heterocycles. The summed E-state index contributed by atoms with van der Waals surface area (Å²) in [4.78, 5) is 16.5. The maximum atomic E-state index is 12.1. The van der Waals surface area contributed by atoms with Crippen LogP contribution in [0, 0.1) is 0 Å². The van der Waals surface area contributed by atoms with Gasteiger partial charge in [-0.05, 0) is 42.5 Å². The van der Waals surface area contributed by atoms with Gasteiger partial charge in [0.1, 0.15) is 12.1 Å². The van der Waals surface area contributed by atoms with Crippen LogP contribution in [-0.2, 0) is 4.74 Å². The number of nitrogens with one attached hydrogen (secondary N) is 1. The number of fused-ring (bicyclic) bond motifs is 1. The number of ether oxygens (including phenoxy) is 2. The fraction of sp³-hybridized carbons (Fsp3) is 0.222. The van der Waals surface area contributed by atoms with Crippen molar-refractivity contribution < 1.29 is 14.3 Å². The van der Waals surface area contributed by atoms with E-state index in [1.807, 2.05) is 34.9 Å². The van der Waals surface area contributed by atoms with Gasteiger partial charge in [0.05, 0.1) is 24.8 Å². The first kappa shape index (κ1) is 16.0. The van der Waals surface area contributed by atoms with Crippen molar-refractivity contribution in [3.63, 3.8) is 0 Å². The number of carbonyl (C=O) groups is 1. The summed E-state index contributed by atoms with van der Waals surface area (Å²) in [5.74, 6) is 0.672. The maximum Gasteiger partial charge on any atom is 0.251 e. The van der Waals surface area contributed by atoms with Crippen LogP contribution in [0.3, 0.4) is 0 Å². The number of imidazole rings is 1. The minimum Gasteiger partial charge on any atom is -0.497 e. The van der Waals surface area contributed by atoms with Crippen molar-refractivity contribution in [2.75, 3.05) is 27.4 Å². The molecule has 6 heteroatoms. The Hall–Kier alpha value is -2.86. The molecule has 124 valence electrons. The highest BCUT2D eigenvalue weighted by atomic mass is 16.5. The second kappa shape index (κ2) is 7.14. The molecule has 2 aromatic carbocycles.